The van der Waals surface area contributed by atoms with Crippen LogP contribution in [-0.2, 0) is 4.79 Å². The van der Waals surface area contributed by atoms with E-state index in [0.717, 1.165) is 4.90 Å². The highest BCUT2D eigenvalue weighted by atomic mass is 19.1. The van der Waals surface area contributed by atoms with Crippen LogP contribution in [0.2, 0.25) is 0 Å². The second-order valence-electron chi connectivity index (χ2n) is 5.77. The predicted molar refractivity (Wildman–Crippen MR) is 83.2 cm³/mol. The third kappa shape index (κ3) is 2.47. The van der Waals surface area contributed by atoms with E-state index in [0.29, 0.717) is 12.1 Å². The Morgan fingerprint density at radius 2 is 1.88 bits per heavy atom. The number of carbonyl (C=O) groups is 3. The van der Waals surface area contributed by atoms with Crippen LogP contribution in [0.4, 0.5) is 14.0 Å². The fraction of sp³-hybridized carbons (Fsp3) is 0.438. The maximum Gasteiger partial charge on any atom is 0.328 e. The van der Waals surface area contributed by atoms with E-state index < -0.39 is 36.0 Å². The van der Waals surface area contributed by atoms with Crippen molar-refractivity contribution >= 4 is 18.0 Å². The average Bonchev–Trinajstić information content (AvgIpc) is 2.55. The zero-order valence-electron chi connectivity index (χ0n) is 13.5. The number of benzene rings is 1. The van der Waals surface area contributed by atoms with Crippen molar-refractivity contribution in [1.29, 1.82) is 0 Å². The number of amides is 5. The van der Waals surface area contributed by atoms with Gasteiger partial charge in [0.2, 0.25) is 5.91 Å². The van der Waals surface area contributed by atoms with Gasteiger partial charge in [-0.05, 0) is 31.5 Å². The lowest BCUT2D eigenvalue weighted by Crippen LogP contribution is -2.72. The quantitative estimate of drug-likeness (QED) is 0.877. The monoisotopic (exact) mass is 334 g/mol. The standard InChI is InChI=1S/C16H19FN4O3/c1-3-20-13-11(14(22)21(4-2)16(20)24)12(18-15(23)19-13)9-6-5-7-10(17)8-9/h5-8,11-13H,3-4H2,1-2H3,(H2,18,19,23). The van der Waals surface area contributed by atoms with Gasteiger partial charge in [-0.1, -0.05) is 12.1 Å². The first-order valence-electron chi connectivity index (χ1n) is 7.92. The number of urea groups is 2. The summed E-state index contributed by atoms with van der Waals surface area (Å²) in [6, 6.07) is 4.16. The SMILES string of the molecule is CCN1C(=O)C2C(c3cccc(F)c3)NC(=O)NC2N(CC)C1=O. The largest absolute Gasteiger partial charge is 0.330 e. The number of hydrogen-bond donors (Lipinski definition) is 2. The van der Waals surface area contributed by atoms with Gasteiger partial charge in [-0.2, -0.15) is 0 Å². The summed E-state index contributed by atoms with van der Waals surface area (Å²) < 4.78 is 13.6. The number of nitrogens with zero attached hydrogens (tertiary/aromatic N) is 2. The lowest BCUT2D eigenvalue weighted by atomic mass is 9.85. The second kappa shape index (κ2) is 6.10. The third-order valence-electron chi connectivity index (χ3n) is 4.49. The smallest absolute Gasteiger partial charge is 0.328 e. The Kier molecular flexibility index (Phi) is 4.13. The second-order valence-corrected chi connectivity index (χ2v) is 5.77. The summed E-state index contributed by atoms with van der Waals surface area (Å²) in [5, 5.41) is 5.34. The highest BCUT2D eigenvalue weighted by Gasteiger charge is 2.52. The minimum Gasteiger partial charge on any atom is -0.330 e. The van der Waals surface area contributed by atoms with Crippen molar-refractivity contribution < 1.29 is 18.8 Å². The molecule has 5 amide bonds. The Morgan fingerprint density at radius 3 is 2.50 bits per heavy atom. The number of rotatable bonds is 3. The fourth-order valence-corrected chi connectivity index (χ4v) is 3.39. The Morgan fingerprint density at radius 1 is 1.12 bits per heavy atom. The van der Waals surface area contributed by atoms with Gasteiger partial charge in [0.05, 0.1) is 6.04 Å². The first kappa shape index (κ1) is 16.2. The van der Waals surface area contributed by atoms with Gasteiger partial charge in [0.15, 0.2) is 0 Å². The Bertz CT molecular complexity index is 696. The molecule has 0 radical (unpaired) electrons. The van der Waals surface area contributed by atoms with Crippen LogP contribution >= 0.6 is 0 Å². The van der Waals surface area contributed by atoms with Crippen LogP contribution < -0.4 is 10.6 Å². The molecule has 0 aliphatic carbocycles. The predicted octanol–water partition coefficient (Wildman–Crippen LogP) is 1.43. The van der Waals surface area contributed by atoms with E-state index in [-0.39, 0.29) is 12.5 Å². The molecular weight excluding hydrogens is 315 g/mol. The molecule has 3 atom stereocenters. The van der Waals surface area contributed by atoms with Gasteiger partial charge in [0.1, 0.15) is 17.9 Å². The van der Waals surface area contributed by atoms with E-state index in [2.05, 4.69) is 10.6 Å². The molecule has 2 fully saturated rings. The molecule has 0 saturated carbocycles. The van der Waals surface area contributed by atoms with E-state index in [1.807, 2.05) is 0 Å². The van der Waals surface area contributed by atoms with Crippen LogP contribution in [0.3, 0.4) is 0 Å². The van der Waals surface area contributed by atoms with Crippen molar-refractivity contribution in [2.24, 2.45) is 5.92 Å². The molecular formula is C16H19FN4O3. The number of fused-ring (bicyclic) bond motifs is 1. The molecule has 128 valence electrons. The zero-order chi connectivity index (χ0) is 17.4. The number of imide groups is 1. The van der Waals surface area contributed by atoms with Gasteiger partial charge < -0.3 is 15.5 Å². The minimum atomic E-state index is -0.750. The molecule has 0 bridgehead atoms. The molecule has 24 heavy (non-hydrogen) atoms. The van der Waals surface area contributed by atoms with Crippen molar-refractivity contribution in [2.75, 3.05) is 13.1 Å². The minimum absolute atomic E-state index is 0.237. The van der Waals surface area contributed by atoms with Crippen molar-refractivity contribution in [2.45, 2.75) is 26.1 Å². The summed E-state index contributed by atoms with van der Waals surface area (Å²) >= 11 is 0. The number of halogens is 1. The van der Waals surface area contributed by atoms with Crippen molar-refractivity contribution in [1.82, 2.24) is 20.4 Å². The summed E-state index contributed by atoms with van der Waals surface area (Å²) in [4.78, 5) is 39.9. The van der Waals surface area contributed by atoms with Gasteiger partial charge in [-0.15, -0.1) is 0 Å². The highest BCUT2D eigenvalue weighted by molar-refractivity contribution is 6.00. The lowest BCUT2D eigenvalue weighted by Gasteiger charge is -2.49. The maximum atomic E-state index is 13.6. The molecule has 3 unspecified atom stereocenters. The van der Waals surface area contributed by atoms with Gasteiger partial charge in [-0.25, -0.2) is 14.0 Å². The average molecular weight is 334 g/mol. The van der Waals surface area contributed by atoms with Crippen LogP contribution in [0.1, 0.15) is 25.5 Å². The van der Waals surface area contributed by atoms with Crippen molar-refractivity contribution in [3.63, 3.8) is 0 Å². The van der Waals surface area contributed by atoms with Gasteiger partial charge >= 0.3 is 12.1 Å². The normalized spacial score (nSPS) is 26.8. The topological polar surface area (TPSA) is 81.8 Å². The first-order chi connectivity index (χ1) is 11.5. The molecule has 8 heteroatoms. The summed E-state index contributed by atoms with van der Waals surface area (Å²) in [5.41, 5.74) is 0.495. The first-order valence-corrected chi connectivity index (χ1v) is 7.92. The maximum absolute atomic E-state index is 13.6. The summed E-state index contributed by atoms with van der Waals surface area (Å²) in [6.45, 7) is 4.08. The van der Waals surface area contributed by atoms with E-state index in [4.69, 9.17) is 0 Å². The van der Waals surface area contributed by atoms with Gasteiger partial charge in [0.25, 0.3) is 0 Å². The lowest BCUT2D eigenvalue weighted by molar-refractivity contribution is -0.141. The molecule has 2 heterocycles. The molecule has 2 aliphatic rings. The van der Waals surface area contributed by atoms with E-state index in [9.17, 15) is 18.8 Å². The van der Waals surface area contributed by atoms with Gasteiger partial charge in [0, 0.05) is 13.1 Å². The zero-order valence-corrected chi connectivity index (χ0v) is 13.5. The summed E-state index contributed by atoms with van der Waals surface area (Å²) in [7, 11) is 0. The Balaban J connectivity index is 2.06. The molecule has 7 nitrogen and oxygen atoms in total. The highest BCUT2D eigenvalue weighted by Crippen LogP contribution is 2.34. The fourth-order valence-electron chi connectivity index (χ4n) is 3.39. The van der Waals surface area contributed by atoms with Crippen molar-refractivity contribution in [3.05, 3.63) is 35.6 Å². The Labute approximate surface area is 138 Å². The Hall–Kier alpha value is -2.64. The molecule has 3 rings (SSSR count). The van der Waals surface area contributed by atoms with Crippen LogP contribution in [-0.4, -0.2) is 47.0 Å². The molecule has 1 aromatic rings. The van der Waals surface area contributed by atoms with Crippen LogP contribution in [0.25, 0.3) is 0 Å². The molecule has 0 aromatic heterocycles. The molecule has 2 aliphatic heterocycles. The van der Waals surface area contributed by atoms with E-state index in [1.54, 1.807) is 19.9 Å². The van der Waals surface area contributed by atoms with Crippen LogP contribution in [0.5, 0.6) is 0 Å². The molecule has 0 spiro atoms. The molecule has 2 N–H and O–H groups in total. The summed E-state index contributed by atoms with van der Waals surface area (Å²) in [5.74, 6) is -1.54. The van der Waals surface area contributed by atoms with Crippen molar-refractivity contribution in [3.8, 4) is 0 Å². The molecule has 2 saturated heterocycles. The number of carbonyl (C=O) groups excluding carboxylic acids is 3. The number of nitrogens with one attached hydrogen (secondary N) is 2. The number of hydrogen-bond acceptors (Lipinski definition) is 3. The van der Waals surface area contributed by atoms with Crippen LogP contribution in [0.15, 0.2) is 24.3 Å². The van der Waals surface area contributed by atoms with E-state index in [1.165, 1.54) is 23.1 Å². The molecule has 1 aromatic carbocycles. The third-order valence-corrected chi connectivity index (χ3v) is 4.49. The van der Waals surface area contributed by atoms with Gasteiger partial charge in [-0.3, -0.25) is 9.69 Å². The summed E-state index contributed by atoms with van der Waals surface area (Å²) in [6.07, 6.45) is -0.750. The van der Waals surface area contributed by atoms with Crippen LogP contribution in [0, 0.1) is 11.7 Å². The van der Waals surface area contributed by atoms with E-state index >= 15 is 0 Å².